The van der Waals surface area contributed by atoms with Crippen molar-refractivity contribution < 1.29 is 9.21 Å². The average molecular weight is 210 g/mol. The summed E-state index contributed by atoms with van der Waals surface area (Å²) in [5.74, 6) is 0.532. The molecule has 1 aromatic heterocycles. The van der Waals surface area contributed by atoms with E-state index in [0.717, 1.165) is 12.8 Å². The lowest BCUT2D eigenvalue weighted by Crippen LogP contribution is -2.40. The van der Waals surface area contributed by atoms with E-state index in [1.54, 1.807) is 13.0 Å². The number of nitrogens with two attached hydrogens (primary N) is 1. The highest BCUT2D eigenvalue weighted by Gasteiger charge is 2.14. The Kier molecular flexibility index (Phi) is 4.37. The Hall–Kier alpha value is -1.29. The zero-order valence-electron chi connectivity index (χ0n) is 9.25. The van der Waals surface area contributed by atoms with Gasteiger partial charge < -0.3 is 15.5 Å². The standard InChI is InChI=1S/C11H18N2O2/c1-3-4-9(7-12)13-11(14)10-5-6-15-8(10)2/h5-6,9H,3-4,7,12H2,1-2H3,(H,13,14). The van der Waals surface area contributed by atoms with Crippen molar-refractivity contribution in [3.8, 4) is 0 Å². The van der Waals surface area contributed by atoms with Crippen LogP contribution in [0, 0.1) is 6.92 Å². The molecule has 0 aliphatic rings. The minimum Gasteiger partial charge on any atom is -0.469 e. The third-order valence-corrected chi connectivity index (χ3v) is 2.36. The summed E-state index contributed by atoms with van der Waals surface area (Å²) in [4.78, 5) is 11.7. The Morgan fingerprint density at radius 2 is 2.40 bits per heavy atom. The molecule has 0 aliphatic heterocycles. The molecule has 4 heteroatoms. The summed E-state index contributed by atoms with van der Waals surface area (Å²) < 4.78 is 5.07. The van der Waals surface area contributed by atoms with Gasteiger partial charge in [0.2, 0.25) is 0 Å². The summed E-state index contributed by atoms with van der Waals surface area (Å²) in [7, 11) is 0. The fourth-order valence-electron chi connectivity index (χ4n) is 1.48. The predicted molar refractivity (Wildman–Crippen MR) is 58.7 cm³/mol. The van der Waals surface area contributed by atoms with Crippen molar-refractivity contribution in [1.29, 1.82) is 0 Å². The minimum atomic E-state index is -0.106. The van der Waals surface area contributed by atoms with Gasteiger partial charge in [0.1, 0.15) is 5.76 Å². The lowest BCUT2D eigenvalue weighted by molar-refractivity contribution is 0.0934. The summed E-state index contributed by atoms with van der Waals surface area (Å²) in [6, 6.07) is 1.72. The van der Waals surface area contributed by atoms with E-state index in [-0.39, 0.29) is 11.9 Å². The second-order valence-electron chi connectivity index (χ2n) is 3.59. The number of hydrogen-bond acceptors (Lipinski definition) is 3. The highest BCUT2D eigenvalue weighted by atomic mass is 16.3. The lowest BCUT2D eigenvalue weighted by Gasteiger charge is -2.15. The maximum atomic E-state index is 11.7. The van der Waals surface area contributed by atoms with Crippen LogP contribution in [-0.4, -0.2) is 18.5 Å². The molecule has 0 spiro atoms. The first-order valence-electron chi connectivity index (χ1n) is 5.24. The van der Waals surface area contributed by atoms with Crippen molar-refractivity contribution in [3.05, 3.63) is 23.7 Å². The van der Waals surface area contributed by atoms with Crippen LogP contribution < -0.4 is 11.1 Å². The van der Waals surface area contributed by atoms with Crippen LogP contribution in [0.1, 0.15) is 35.9 Å². The molecule has 3 N–H and O–H groups in total. The Balaban J connectivity index is 2.58. The summed E-state index contributed by atoms with van der Waals surface area (Å²) in [5, 5.41) is 2.89. The Morgan fingerprint density at radius 3 is 2.87 bits per heavy atom. The molecule has 0 fully saturated rings. The Labute approximate surface area is 89.8 Å². The van der Waals surface area contributed by atoms with Crippen molar-refractivity contribution in [2.24, 2.45) is 5.73 Å². The molecule has 0 aromatic carbocycles. The molecule has 1 rings (SSSR count). The number of carbonyl (C=O) groups excluding carboxylic acids is 1. The number of nitrogens with one attached hydrogen (secondary N) is 1. The molecule has 0 radical (unpaired) electrons. The van der Waals surface area contributed by atoms with Gasteiger partial charge in [-0.3, -0.25) is 4.79 Å². The predicted octanol–water partition coefficient (Wildman–Crippen LogP) is 1.45. The largest absolute Gasteiger partial charge is 0.469 e. The van der Waals surface area contributed by atoms with Gasteiger partial charge in [0.15, 0.2) is 0 Å². The third-order valence-electron chi connectivity index (χ3n) is 2.36. The van der Waals surface area contributed by atoms with Crippen LogP contribution >= 0.6 is 0 Å². The Morgan fingerprint density at radius 1 is 1.67 bits per heavy atom. The first-order valence-corrected chi connectivity index (χ1v) is 5.24. The summed E-state index contributed by atoms with van der Waals surface area (Å²) in [6.45, 7) is 4.31. The highest BCUT2D eigenvalue weighted by Crippen LogP contribution is 2.09. The molecule has 1 heterocycles. The fraction of sp³-hybridized carbons (Fsp3) is 0.545. The zero-order chi connectivity index (χ0) is 11.3. The maximum absolute atomic E-state index is 11.7. The summed E-state index contributed by atoms with van der Waals surface area (Å²) >= 11 is 0. The minimum absolute atomic E-state index is 0.0526. The van der Waals surface area contributed by atoms with Gasteiger partial charge in [-0.1, -0.05) is 13.3 Å². The molecule has 4 nitrogen and oxygen atoms in total. The van der Waals surface area contributed by atoms with E-state index in [0.29, 0.717) is 17.9 Å². The van der Waals surface area contributed by atoms with E-state index in [4.69, 9.17) is 10.2 Å². The van der Waals surface area contributed by atoms with Gasteiger partial charge in [-0.05, 0) is 19.4 Å². The van der Waals surface area contributed by atoms with Gasteiger partial charge in [0.05, 0.1) is 11.8 Å². The molecular formula is C11H18N2O2. The zero-order valence-corrected chi connectivity index (χ0v) is 9.25. The second kappa shape index (κ2) is 5.56. The van der Waals surface area contributed by atoms with Gasteiger partial charge >= 0.3 is 0 Å². The van der Waals surface area contributed by atoms with Crippen LogP contribution in [0.2, 0.25) is 0 Å². The van der Waals surface area contributed by atoms with Crippen LogP contribution in [0.5, 0.6) is 0 Å². The molecule has 1 atom stereocenters. The van der Waals surface area contributed by atoms with Crippen molar-refractivity contribution in [2.75, 3.05) is 6.54 Å². The molecule has 0 aliphatic carbocycles. The van der Waals surface area contributed by atoms with Crippen molar-refractivity contribution in [2.45, 2.75) is 32.7 Å². The molecule has 0 saturated carbocycles. The summed E-state index contributed by atoms with van der Waals surface area (Å²) in [5.41, 5.74) is 6.15. The number of carbonyl (C=O) groups is 1. The van der Waals surface area contributed by atoms with E-state index in [1.807, 2.05) is 0 Å². The van der Waals surface area contributed by atoms with E-state index in [9.17, 15) is 4.79 Å². The monoisotopic (exact) mass is 210 g/mol. The molecule has 0 saturated heterocycles. The van der Waals surface area contributed by atoms with Gasteiger partial charge in [-0.25, -0.2) is 0 Å². The fourth-order valence-corrected chi connectivity index (χ4v) is 1.48. The molecular weight excluding hydrogens is 192 g/mol. The van der Waals surface area contributed by atoms with Gasteiger partial charge in [-0.2, -0.15) is 0 Å². The van der Waals surface area contributed by atoms with Gasteiger partial charge in [-0.15, -0.1) is 0 Å². The maximum Gasteiger partial charge on any atom is 0.255 e. The quantitative estimate of drug-likeness (QED) is 0.772. The first kappa shape index (κ1) is 11.8. The lowest BCUT2D eigenvalue weighted by atomic mass is 10.1. The van der Waals surface area contributed by atoms with Gasteiger partial charge in [0, 0.05) is 12.6 Å². The average Bonchev–Trinajstić information content (AvgIpc) is 2.63. The molecule has 15 heavy (non-hydrogen) atoms. The van der Waals surface area contributed by atoms with Gasteiger partial charge in [0.25, 0.3) is 5.91 Å². The van der Waals surface area contributed by atoms with E-state index in [1.165, 1.54) is 6.26 Å². The number of amides is 1. The van der Waals surface area contributed by atoms with Crippen molar-refractivity contribution >= 4 is 5.91 Å². The highest BCUT2D eigenvalue weighted by molar-refractivity contribution is 5.95. The van der Waals surface area contributed by atoms with Crippen LogP contribution in [-0.2, 0) is 0 Å². The van der Waals surface area contributed by atoms with E-state index >= 15 is 0 Å². The topological polar surface area (TPSA) is 68.3 Å². The molecule has 1 aromatic rings. The molecule has 0 bridgehead atoms. The molecule has 1 unspecified atom stereocenters. The SMILES string of the molecule is CCCC(CN)NC(=O)c1ccoc1C. The van der Waals surface area contributed by atoms with Crippen LogP contribution in [0.15, 0.2) is 16.7 Å². The number of hydrogen-bond donors (Lipinski definition) is 2. The van der Waals surface area contributed by atoms with Crippen LogP contribution in [0.4, 0.5) is 0 Å². The van der Waals surface area contributed by atoms with Crippen molar-refractivity contribution in [3.63, 3.8) is 0 Å². The third kappa shape index (κ3) is 3.09. The van der Waals surface area contributed by atoms with Crippen molar-refractivity contribution in [1.82, 2.24) is 5.32 Å². The summed E-state index contributed by atoms with van der Waals surface area (Å²) in [6.07, 6.45) is 3.42. The first-order chi connectivity index (χ1) is 7.19. The number of aryl methyl sites for hydroxylation is 1. The van der Waals surface area contributed by atoms with E-state index in [2.05, 4.69) is 12.2 Å². The van der Waals surface area contributed by atoms with E-state index < -0.39 is 0 Å². The van der Waals surface area contributed by atoms with Crippen LogP contribution in [0.3, 0.4) is 0 Å². The molecule has 84 valence electrons. The Bertz CT molecular complexity index is 320. The number of furan rings is 1. The second-order valence-corrected chi connectivity index (χ2v) is 3.59. The van der Waals surface area contributed by atoms with Crippen LogP contribution in [0.25, 0.3) is 0 Å². The normalized spacial score (nSPS) is 12.5. The number of rotatable bonds is 5. The molecule has 1 amide bonds. The smallest absolute Gasteiger partial charge is 0.255 e.